The van der Waals surface area contributed by atoms with Gasteiger partial charge in [-0.15, -0.1) is 0 Å². The summed E-state index contributed by atoms with van der Waals surface area (Å²) >= 11 is 0. The Morgan fingerprint density at radius 3 is 2.48 bits per heavy atom. The molecular formula is C43H58N4O7. The van der Waals surface area contributed by atoms with E-state index in [2.05, 4.69) is 37.2 Å². The van der Waals surface area contributed by atoms with Gasteiger partial charge in [-0.25, -0.2) is 4.98 Å². The molecule has 7 rings (SSSR count). The number of likely N-dealkylation sites (N-methyl/N-ethyl adjacent to an activating group) is 1. The molecule has 0 unspecified atom stereocenters. The van der Waals surface area contributed by atoms with Crippen molar-refractivity contribution < 1.29 is 29.5 Å². The third-order valence-electron chi connectivity index (χ3n) is 13.6. The number of rotatable bonds is 12. The number of nitro benzene ring substituents is 1. The standard InChI is InChI=1S/C22H28N4O3.C21H30O4/c1-4-24(5-2)13-14-25-21-12-9-18(26(27)28)16-20(21)23-22(25)15-17-7-10-19(11-8-17)29-6-3;1-20-8-7-13(23)9-12(20)3-4-14-15-5-6-16(18(25)11-22)21(15,2)10-17(24)19(14)20/h7-12,16H,4-6,13-15H2,1-3H3;9,14-17,19,22,24H,3-8,10-11H2,1-2H3/t;14-,15-,16+,17-,19+,20-,21-/m.0/s1. The molecule has 0 aliphatic heterocycles. The van der Waals surface area contributed by atoms with Gasteiger partial charge < -0.3 is 24.4 Å². The van der Waals surface area contributed by atoms with Crippen molar-refractivity contribution >= 4 is 28.3 Å². The van der Waals surface area contributed by atoms with Crippen LogP contribution in [0.3, 0.4) is 0 Å². The van der Waals surface area contributed by atoms with E-state index in [1.807, 2.05) is 43.3 Å². The lowest BCUT2D eigenvalue weighted by atomic mass is 9.46. The Morgan fingerprint density at radius 1 is 1.07 bits per heavy atom. The zero-order chi connectivity index (χ0) is 38.8. The Morgan fingerprint density at radius 2 is 1.81 bits per heavy atom. The van der Waals surface area contributed by atoms with Crippen LogP contribution < -0.4 is 4.74 Å². The average Bonchev–Trinajstić information content (AvgIpc) is 3.68. The maximum atomic E-state index is 12.3. The predicted octanol–water partition coefficient (Wildman–Crippen LogP) is 6.94. The minimum absolute atomic E-state index is 0.0541. The van der Waals surface area contributed by atoms with E-state index >= 15 is 0 Å². The van der Waals surface area contributed by atoms with Gasteiger partial charge in [-0.1, -0.05) is 45.4 Å². The monoisotopic (exact) mass is 742 g/mol. The molecule has 3 saturated carbocycles. The second-order valence-corrected chi connectivity index (χ2v) is 16.3. The van der Waals surface area contributed by atoms with Gasteiger partial charge in [-0.2, -0.15) is 0 Å². The minimum Gasteiger partial charge on any atom is -0.494 e. The molecule has 0 spiro atoms. The van der Waals surface area contributed by atoms with E-state index in [1.54, 1.807) is 12.1 Å². The zero-order valence-electron chi connectivity index (χ0n) is 32.6. The molecule has 0 saturated heterocycles. The number of aliphatic hydroxyl groups is 2. The lowest BCUT2D eigenvalue weighted by Gasteiger charge is -2.59. The Bertz CT molecular complexity index is 1870. The summed E-state index contributed by atoms with van der Waals surface area (Å²) < 4.78 is 7.71. The van der Waals surface area contributed by atoms with E-state index in [0.29, 0.717) is 43.2 Å². The quantitative estimate of drug-likeness (QED) is 0.149. The summed E-state index contributed by atoms with van der Waals surface area (Å²) in [6, 6.07) is 12.9. The van der Waals surface area contributed by atoms with Crippen LogP contribution in [0.2, 0.25) is 0 Å². The molecule has 7 atom stereocenters. The van der Waals surface area contributed by atoms with Gasteiger partial charge in [-0.05, 0) is 117 Å². The van der Waals surface area contributed by atoms with Crippen LogP contribution in [0.25, 0.3) is 11.0 Å². The Kier molecular flexibility index (Phi) is 12.1. The first-order valence-electron chi connectivity index (χ1n) is 20.0. The SMILES string of the molecule is CCOc1ccc(Cc2nc3cc([N+](=O)[O-])ccc3n2CCN(CC)CC)cc1.C[C@]12C[C@H](O)[C@H]3[C@@H](CCC4=CC(=O)CC[C@@]43C)[C@@H]1CC[C@@H]2C(=O)CO. The number of nitro groups is 1. The number of aromatic nitrogens is 2. The first kappa shape index (κ1) is 39.8. The summed E-state index contributed by atoms with van der Waals surface area (Å²) in [5, 5.41) is 31.7. The first-order valence-corrected chi connectivity index (χ1v) is 20.0. The summed E-state index contributed by atoms with van der Waals surface area (Å²) in [6.45, 7) is 14.6. The topological polar surface area (TPSA) is 148 Å². The number of carbonyl (C=O) groups is 2. The molecule has 0 radical (unpaired) electrons. The van der Waals surface area contributed by atoms with Gasteiger partial charge in [0.25, 0.3) is 5.69 Å². The zero-order valence-corrected chi connectivity index (χ0v) is 32.6. The first-order chi connectivity index (χ1) is 25.9. The molecule has 2 N–H and O–H groups in total. The van der Waals surface area contributed by atoms with Crippen molar-refractivity contribution in [1.29, 1.82) is 0 Å². The van der Waals surface area contributed by atoms with Crippen LogP contribution in [0.1, 0.15) is 91.0 Å². The number of carbonyl (C=O) groups excluding carboxylic acids is 2. The number of Topliss-reactive ketones (excluding diaryl/α,β-unsaturated/α-hetero) is 1. The Hall–Kier alpha value is -3.93. The van der Waals surface area contributed by atoms with Crippen LogP contribution in [0.15, 0.2) is 54.1 Å². The highest BCUT2D eigenvalue weighted by atomic mass is 16.6. The number of nitrogens with zero attached hydrogens (tertiary/aromatic N) is 4. The molecule has 0 bridgehead atoms. The second-order valence-electron chi connectivity index (χ2n) is 16.3. The van der Waals surface area contributed by atoms with Crippen molar-refractivity contribution in [3.8, 4) is 5.75 Å². The molecule has 11 nitrogen and oxygen atoms in total. The van der Waals surface area contributed by atoms with Crippen molar-refractivity contribution in [2.45, 2.75) is 98.6 Å². The molecule has 11 heteroatoms. The molecule has 4 aliphatic carbocycles. The smallest absolute Gasteiger partial charge is 0.271 e. The van der Waals surface area contributed by atoms with E-state index in [4.69, 9.17) is 9.72 Å². The van der Waals surface area contributed by atoms with Crippen LogP contribution in [-0.2, 0) is 22.6 Å². The molecule has 292 valence electrons. The highest BCUT2D eigenvalue weighted by molar-refractivity contribution is 5.91. The molecule has 54 heavy (non-hydrogen) atoms. The number of ether oxygens (including phenoxy) is 1. The van der Waals surface area contributed by atoms with Crippen LogP contribution in [-0.4, -0.2) is 80.1 Å². The van der Waals surface area contributed by atoms with Crippen LogP contribution >= 0.6 is 0 Å². The number of imidazole rings is 1. The highest BCUT2D eigenvalue weighted by Crippen LogP contribution is 2.66. The number of hydrogen-bond acceptors (Lipinski definition) is 9. The van der Waals surface area contributed by atoms with E-state index in [-0.39, 0.29) is 51.4 Å². The summed E-state index contributed by atoms with van der Waals surface area (Å²) in [6.07, 6.45) is 7.98. The fourth-order valence-corrected chi connectivity index (χ4v) is 10.8. The van der Waals surface area contributed by atoms with Crippen LogP contribution in [0, 0.1) is 44.6 Å². The lowest BCUT2D eigenvalue weighted by Crippen LogP contribution is -2.57. The maximum absolute atomic E-state index is 12.3. The molecule has 1 heterocycles. The highest BCUT2D eigenvalue weighted by Gasteiger charge is 2.62. The molecule has 4 aliphatic rings. The summed E-state index contributed by atoms with van der Waals surface area (Å²) in [5.41, 5.74) is 3.77. The van der Waals surface area contributed by atoms with E-state index in [1.165, 1.54) is 5.57 Å². The number of ketones is 2. The van der Waals surface area contributed by atoms with Gasteiger partial charge >= 0.3 is 0 Å². The number of benzene rings is 2. The van der Waals surface area contributed by atoms with Gasteiger partial charge in [-0.3, -0.25) is 19.7 Å². The molecule has 0 amide bonds. The normalized spacial score (nSPS) is 28.8. The number of hydrogen-bond donors (Lipinski definition) is 2. The van der Waals surface area contributed by atoms with Crippen molar-refractivity contribution in [2.75, 3.05) is 32.8 Å². The number of aliphatic hydroxyl groups excluding tert-OH is 2. The predicted molar refractivity (Wildman–Crippen MR) is 208 cm³/mol. The molecule has 3 aromatic rings. The van der Waals surface area contributed by atoms with Gasteiger partial charge in [0, 0.05) is 44.0 Å². The summed E-state index contributed by atoms with van der Waals surface area (Å²) in [7, 11) is 0. The lowest BCUT2D eigenvalue weighted by molar-refractivity contribution is -0.384. The van der Waals surface area contributed by atoms with Gasteiger partial charge in [0.1, 0.15) is 18.2 Å². The van der Waals surface area contributed by atoms with Crippen molar-refractivity contribution in [3.63, 3.8) is 0 Å². The fourth-order valence-electron chi connectivity index (χ4n) is 10.8. The molecule has 2 aromatic carbocycles. The number of non-ortho nitro benzene ring substituents is 1. The average molecular weight is 743 g/mol. The van der Waals surface area contributed by atoms with Crippen molar-refractivity contribution in [2.24, 2.45) is 34.5 Å². The Labute approximate surface area is 318 Å². The van der Waals surface area contributed by atoms with Gasteiger partial charge in [0.15, 0.2) is 11.6 Å². The summed E-state index contributed by atoms with van der Waals surface area (Å²) in [5.74, 6) is 2.88. The minimum atomic E-state index is -0.430. The fraction of sp³-hybridized carbons (Fsp3) is 0.605. The molecule has 1 aromatic heterocycles. The van der Waals surface area contributed by atoms with Crippen LogP contribution in [0.4, 0.5) is 5.69 Å². The van der Waals surface area contributed by atoms with E-state index in [9.17, 15) is 29.9 Å². The second kappa shape index (κ2) is 16.4. The van der Waals surface area contributed by atoms with E-state index in [0.717, 1.165) is 80.9 Å². The van der Waals surface area contributed by atoms with E-state index < -0.39 is 6.10 Å². The maximum Gasteiger partial charge on any atom is 0.271 e. The van der Waals surface area contributed by atoms with Crippen molar-refractivity contribution in [1.82, 2.24) is 14.5 Å². The number of allylic oxidation sites excluding steroid dienone is 1. The van der Waals surface area contributed by atoms with Gasteiger partial charge in [0.2, 0.25) is 0 Å². The van der Waals surface area contributed by atoms with Gasteiger partial charge in [0.05, 0.1) is 28.7 Å². The van der Waals surface area contributed by atoms with Crippen LogP contribution in [0.5, 0.6) is 5.75 Å². The molecular weight excluding hydrogens is 684 g/mol. The molecule has 3 fully saturated rings. The third kappa shape index (κ3) is 7.64. The number of fused-ring (bicyclic) bond motifs is 6. The largest absolute Gasteiger partial charge is 0.494 e. The summed E-state index contributed by atoms with van der Waals surface area (Å²) in [4.78, 5) is 42.1. The van der Waals surface area contributed by atoms with Crippen molar-refractivity contribution in [3.05, 3.63) is 75.6 Å². The third-order valence-corrected chi connectivity index (χ3v) is 13.6. The Balaban J connectivity index is 0.000000186.